The number of aryl methyl sites for hydroxylation is 1. The van der Waals surface area contributed by atoms with Crippen molar-refractivity contribution < 1.29 is 14.3 Å². The highest BCUT2D eigenvalue weighted by atomic mass is 16.5. The van der Waals surface area contributed by atoms with Crippen LogP contribution in [0.1, 0.15) is 27.6 Å². The molecule has 7 heteroatoms. The summed E-state index contributed by atoms with van der Waals surface area (Å²) in [5, 5.41) is 7.37. The predicted molar refractivity (Wildman–Crippen MR) is 131 cm³/mol. The average Bonchev–Trinajstić information content (AvgIpc) is 2.89. The lowest BCUT2D eigenvalue weighted by Gasteiger charge is -2.17. The molecule has 0 atom stereocenters. The van der Waals surface area contributed by atoms with Gasteiger partial charge in [0.05, 0.1) is 18.4 Å². The number of ether oxygens (including phenoxy) is 1. The molecule has 170 valence electrons. The lowest BCUT2D eigenvalue weighted by Crippen LogP contribution is -2.32. The van der Waals surface area contributed by atoms with Crippen molar-refractivity contribution in [1.82, 2.24) is 9.78 Å². The van der Waals surface area contributed by atoms with Gasteiger partial charge in [-0.3, -0.25) is 9.59 Å². The van der Waals surface area contributed by atoms with Gasteiger partial charge in [-0.25, -0.2) is 9.48 Å². The zero-order valence-electron chi connectivity index (χ0n) is 18.8. The topological polar surface area (TPSA) is 90.3 Å². The Balaban J connectivity index is 1.92. The molecule has 1 heterocycles. The second-order valence-electron chi connectivity index (χ2n) is 7.48. The lowest BCUT2D eigenvalue weighted by molar-refractivity contribution is 0.0600. The van der Waals surface area contributed by atoms with Gasteiger partial charge < -0.3 is 10.1 Å². The molecule has 0 radical (unpaired) electrons. The summed E-state index contributed by atoms with van der Waals surface area (Å²) in [7, 11) is 1.29. The molecule has 34 heavy (non-hydrogen) atoms. The molecular formula is C27H23N3O4. The van der Waals surface area contributed by atoms with Crippen LogP contribution in [0.15, 0.2) is 89.7 Å². The molecular weight excluding hydrogens is 430 g/mol. The third kappa shape index (κ3) is 4.49. The first-order valence-corrected chi connectivity index (χ1v) is 10.8. The molecule has 0 fully saturated rings. The fraction of sp³-hybridized carbons (Fsp3) is 0.111. The summed E-state index contributed by atoms with van der Waals surface area (Å²) in [4.78, 5) is 38.9. The number of esters is 1. The molecule has 0 aliphatic carbocycles. The first kappa shape index (κ1) is 22.7. The molecule has 1 aromatic heterocycles. The molecule has 0 saturated heterocycles. The summed E-state index contributed by atoms with van der Waals surface area (Å²) in [6.07, 6.45) is 0. The standard InChI is InChI=1S/C27H23N3O4/c1-3-30-26(32)23(25(31)28-21-16-10-15-20(17-21)27(33)34-2)22(18-11-6-4-7-12-18)24(29-30)19-13-8-5-9-14-19/h4-17H,3H2,1-2H3,(H,28,31). The van der Waals surface area contributed by atoms with E-state index in [1.165, 1.54) is 17.9 Å². The summed E-state index contributed by atoms with van der Waals surface area (Å²) >= 11 is 0. The zero-order valence-corrected chi connectivity index (χ0v) is 18.8. The van der Waals surface area contributed by atoms with Gasteiger partial charge in [0.2, 0.25) is 0 Å². The Morgan fingerprint density at radius 2 is 1.56 bits per heavy atom. The van der Waals surface area contributed by atoms with Gasteiger partial charge in [-0.15, -0.1) is 0 Å². The van der Waals surface area contributed by atoms with E-state index in [0.717, 1.165) is 5.56 Å². The number of methoxy groups -OCH3 is 1. The Labute approximate surface area is 196 Å². The van der Waals surface area contributed by atoms with Crippen LogP contribution in [0.25, 0.3) is 22.4 Å². The molecule has 0 aliphatic heterocycles. The van der Waals surface area contributed by atoms with E-state index < -0.39 is 17.4 Å². The van der Waals surface area contributed by atoms with Crippen molar-refractivity contribution in [2.75, 3.05) is 12.4 Å². The first-order valence-electron chi connectivity index (χ1n) is 10.8. The quantitative estimate of drug-likeness (QED) is 0.430. The van der Waals surface area contributed by atoms with Crippen molar-refractivity contribution >= 4 is 17.6 Å². The van der Waals surface area contributed by atoms with Gasteiger partial charge in [0, 0.05) is 23.4 Å². The Hall–Kier alpha value is -4.52. The third-order valence-corrected chi connectivity index (χ3v) is 5.33. The van der Waals surface area contributed by atoms with Crippen molar-refractivity contribution in [3.63, 3.8) is 0 Å². The molecule has 0 spiro atoms. The minimum Gasteiger partial charge on any atom is -0.465 e. The Morgan fingerprint density at radius 1 is 0.912 bits per heavy atom. The molecule has 4 aromatic rings. The van der Waals surface area contributed by atoms with Gasteiger partial charge in [0.25, 0.3) is 11.5 Å². The van der Waals surface area contributed by atoms with Gasteiger partial charge in [0.15, 0.2) is 0 Å². The predicted octanol–water partition coefficient (Wildman–Crippen LogP) is 4.64. The van der Waals surface area contributed by atoms with E-state index in [0.29, 0.717) is 29.1 Å². The van der Waals surface area contributed by atoms with Crippen molar-refractivity contribution in [2.24, 2.45) is 0 Å². The number of benzene rings is 3. The minimum absolute atomic E-state index is 0.0228. The molecule has 7 nitrogen and oxygen atoms in total. The van der Waals surface area contributed by atoms with Crippen LogP contribution < -0.4 is 10.9 Å². The highest BCUT2D eigenvalue weighted by Gasteiger charge is 2.25. The fourth-order valence-corrected chi connectivity index (χ4v) is 3.71. The van der Waals surface area contributed by atoms with E-state index in [-0.39, 0.29) is 11.1 Å². The van der Waals surface area contributed by atoms with Gasteiger partial charge in [0.1, 0.15) is 5.56 Å². The van der Waals surface area contributed by atoms with Crippen LogP contribution in [0.4, 0.5) is 5.69 Å². The normalized spacial score (nSPS) is 10.5. The van der Waals surface area contributed by atoms with Gasteiger partial charge in [-0.2, -0.15) is 5.10 Å². The highest BCUT2D eigenvalue weighted by molar-refractivity contribution is 6.10. The number of hydrogen-bond acceptors (Lipinski definition) is 5. The van der Waals surface area contributed by atoms with Gasteiger partial charge in [-0.1, -0.05) is 66.7 Å². The number of hydrogen-bond donors (Lipinski definition) is 1. The maximum absolute atomic E-state index is 13.6. The van der Waals surface area contributed by atoms with Crippen molar-refractivity contribution in [3.8, 4) is 22.4 Å². The number of carbonyl (C=O) groups is 2. The monoisotopic (exact) mass is 453 g/mol. The Morgan fingerprint density at radius 3 is 2.18 bits per heavy atom. The molecule has 0 unspecified atom stereocenters. The highest BCUT2D eigenvalue weighted by Crippen LogP contribution is 2.32. The molecule has 0 aliphatic rings. The number of nitrogens with zero attached hydrogens (tertiary/aromatic N) is 2. The number of carbonyl (C=O) groups excluding carboxylic acids is 2. The van der Waals surface area contributed by atoms with Crippen molar-refractivity contribution in [1.29, 1.82) is 0 Å². The van der Waals surface area contributed by atoms with Gasteiger partial charge in [-0.05, 0) is 30.7 Å². The van der Waals surface area contributed by atoms with E-state index in [4.69, 9.17) is 4.74 Å². The molecule has 0 saturated carbocycles. The van der Waals surface area contributed by atoms with Crippen LogP contribution in [0, 0.1) is 0 Å². The SMILES string of the molecule is CCn1nc(-c2ccccc2)c(-c2ccccc2)c(C(=O)Nc2cccc(C(=O)OC)c2)c1=O. The third-order valence-electron chi connectivity index (χ3n) is 5.33. The zero-order chi connectivity index (χ0) is 24.1. The minimum atomic E-state index is -0.590. The van der Waals surface area contributed by atoms with Crippen LogP contribution in [0.2, 0.25) is 0 Å². The average molecular weight is 453 g/mol. The summed E-state index contributed by atoms with van der Waals surface area (Å²) < 4.78 is 6.04. The van der Waals surface area contributed by atoms with E-state index in [1.54, 1.807) is 25.1 Å². The van der Waals surface area contributed by atoms with E-state index in [1.807, 2.05) is 60.7 Å². The maximum atomic E-state index is 13.6. The van der Waals surface area contributed by atoms with Crippen LogP contribution in [0.5, 0.6) is 0 Å². The van der Waals surface area contributed by atoms with E-state index in [9.17, 15) is 14.4 Å². The summed E-state index contributed by atoms with van der Waals surface area (Å²) in [5.74, 6) is -1.11. The fourth-order valence-electron chi connectivity index (χ4n) is 3.71. The Bertz CT molecular complexity index is 1400. The van der Waals surface area contributed by atoms with Gasteiger partial charge >= 0.3 is 5.97 Å². The molecule has 3 aromatic carbocycles. The number of anilines is 1. The summed E-state index contributed by atoms with van der Waals surface area (Å²) in [5.41, 5.74) is 2.59. The number of rotatable bonds is 6. The van der Waals surface area contributed by atoms with E-state index >= 15 is 0 Å². The number of aromatic nitrogens is 2. The van der Waals surface area contributed by atoms with E-state index in [2.05, 4.69) is 10.4 Å². The molecule has 4 rings (SSSR count). The van der Waals surface area contributed by atoms with Crippen LogP contribution in [-0.4, -0.2) is 28.8 Å². The molecule has 0 bridgehead atoms. The maximum Gasteiger partial charge on any atom is 0.337 e. The molecule has 1 amide bonds. The largest absolute Gasteiger partial charge is 0.465 e. The summed E-state index contributed by atoms with van der Waals surface area (Å²) in [6.45, 7) is 2.10. The second kappa shape index (κ2) is 9.95. The van der Waals surface area contributed by atoms with Crippen molar-refractivity contribution in [2.45, 2.75) is 13.5 Å². The first-order chi connectivity index (χ1) is 16.5. The van der Waals surface area contributed by atoms with Crippen LogP contribution in [-0.2, 0) is 11.3 Å². The van der Waals surface area contributed by atoms with Crippen LogP contribution in [0.3, 0.4) is 0 Å². The molecule has 1 N–H and O–H groups in total. The van der Waals surface area contributed by atoms with Crippen LogP contribution >= 0.6 is 0 Å². The van der Waals surface area contributed by atoms with Crippen molar-refractivity contribution in [3.05, 3.63) is 106 Å². The lowest BCUT2D eigenvalue weighted by atomic mass is 9.95. The Kier molecular flexibility index (Phi) is 6.64. The number of nitrogens with one attached hydrogen (secondary N) is 1. The smallest absolute Gasteiger partial charge is 0.337 e. The summed E-state index contributed by atoms with van der Waals surface area (Å²) in [6, 6.07) is 25.0. The second-order valence-corrected chi connectivity index (χ2v) is 7.48. The number of amides is 1.